The lowest BCUT2D eigenvalue weighted by Gasteiger charge is -2.07. The number of ketones is 1. The van der Waals surface area contributed by atoms with Crippen LogP contribution in [0, 0.1) is 0 Å². The predicted molar refractivity (Wildman–Crippen MR) is 68.0 cm³/mol. The number of amides is 1. The zero-order valence-electron chi connectivity index (χ0n) is 9.48. The molecule has 0 aliphatic carbocycles. The number of alkyl halides is 1. The fraction of sp³-hybridized carbons (Fsp3) is 0.333. The molecule has 1 N–H and O–H groups in total. The van der Waals surface area contributed by atoms with E-state index in [9.17, 15) is 9.59 Å². The molecule has 1 aromatic carbocycles. The van der Waals surface area contributed by atoms with Gasteiger partial charge in [0.2, 0.25) is 0 Å². The lowest BCUT2D eigenvalue weighted by molar-refractivity contribution is -0.117. The maximum atomic E-state index is 11.2. The zero-order valence-corrected chi connectivity index (χ0v) is 11.1. The molecular weight excluding hydrogens is 286 g/mol. The number of hydrogen-bond donors (Lipinski definition) is 1. The molecule has 1 atom stereocenters. The minimum absolute atomic E-state index is 0.0277. The van der Waals surface area contributed by atoms with Gasteiger partial charge in [-0.25, -0.2) is 4.79 Å². The van der Waals surface area contributed by atoms with Crippen molar-refractivity contribution in [1.82, 2.24) is 5.32 Å². The average molecular weight is 300 g/mol. The Balaban J connectivity index is 2.24. The highest BCUT2D eigenvalue weighted by Crippen LogP contribution is 2.01. The van der Waals surface area contributed by atoms with Crippen molar-refractivity contribution in [1.29, 1.82) is 0 Å². The summed E-state index contributed by atoms with van der Waals surface area (Å²) in [5, 5.41) is 2.39. The Morgan fingerprint density at radius 2 is 2.00 bits per heavy atom. The molecule has 0 radical (unpaired) electrons. The first-order valence-electron chi connectivity index (χ1n) is 5.21. The third-order valence-corrected chi connectivity index (χ3v) is 2.57. The van der Waals surface area contributed by atoms with Crippen LogP contribution in [0.15, 0.2) is 30.3 Å². The van der Waals surface area contributed by atoms with E-state index in [0.29, 0.717) is 0 Å². The summed E-state index contributed by atoms with van der Waals surface area (Å²) in [6.07, 6.45) is -0.588. The Bertz CT molecular complexity index is 379. The van der Waals surface area contributed by atoms with Crippen LogP contribution in [0.1, 0.15) is 12.5 Å². The van der Waals surface area contributed by atoms with Gasteiger partial charge >= 0.3 is 6.09 Å². The van der Waals surface area contributed by atoms with Crippen molar-refractivity contribution in [3.8, 4) is 0 Å². The van der Waals surface area contributed by atoms with E-state index in [2.05, 4.69) is 21.2 Å². The van der Waals surface area contributed by atoms with Gasteiger partial charge < -0.3 is 10.1 Å². The number of nitrogens with one attached hydrogen (secondary N) is 1. The van der Waals surface area contributed by atoms with Crippen molar-refractivity contribution in [2.45, 2.75) is 18.4 Å². The lowest BCUT2D eigenvalue weighted by Crippen LogP contribution is -2.32. The SMILES string of the molecule is CC(Br)C(=O)CNC(=O)OCc1ccccc1. The van der Waals surface area contributed by atoms with Gasteiger partial charge in [-0.1, -0.05) is 46.3 Å². The van der Waals surface area contributed by atoms with E-state index in [1.165, 1.54) is 0 Å². The van der Waals surface area contributed by atoms with E-state index in [1.807, 2.05) is 30.3 Å². The van der Waals surface area contributed by atoms with Crippen LogP contribution < -0.4 is 5.32 Å². The molecule has 5 heteroatoms. The summed E-state index contributed by atoms with van der Waals surface area (Å²) in [7, 11) is 0. The molecule has 0 saturated carbocycles. The Morgan fingerprint density at radius 3 is 2.59 bits per heavy atom. The zero-order chi connectivity index (χ0) is 12.7. The number of Topliss-reactive ketones (excluding diaryl/α,β-unsaturated/α-hetero) is 1. The second kappa shape index (κ2) is 7.06. The summed E-state index contributed by atoms with van der Waals surface area (Å²) in [5.41, 5.74) is 0.905. The number of carbonyl (C=O) groups excluding carboxylic acids is 2. The van der Waals surface area contributed by atoms with Gasteiger partial charge in [0, 0.05) is 0 Å². The highest BCUT2D eigenvalue weighted by Gasteiger charge is 2.10. The Labute approximate surface area is 108 Å². The van der Waals surface area contributed by atoms with Gasteiger partial charge in [-0.05, 0) is 12.5 Å². The first-order chi connectivity index (χ1) is 8.09. The summed E-state index contributed by atoms with van der Waals surface area (Å²) in [6, 6.07) is 9.34. The summed E-state index contributed by atoms with van der Waals surface area (Å²) >= 11 is 3.12. The van der Waals surface area contributed by atoms with Crippen molar-refractivity contribution in [2.75, 3.05) is 6.54 Å². The third-order valence-electron chi connectivity index (χ3n) is 2.06. The number of benzene rings is 1. The van der Waals surface area contributed by atoms with E-state index in [0.717, 1.165) is 5.56 Å². The van der Waals surface area contributed by atoms with Crippen LogP contribution in [0.3, 0.4) is 0 Å². The molecule has 0 aromatic heterocycles. The van der Waals surface area contributed by atoms with E-state index in [4.69, 9.17) is 4.74 Å². The molecule has 1 aromatic rings. The molecule has 1 rings (SSSR count). The van der Waals surface area contributed by atoms with Crippen LogP contribution >= 0.6 is 15.9 Å². The van der Waals surface area contributed by atoms with Crippen LogP contribution in [0.5, 0.6) is 0 Å². The molecule has 92 valence electrons. The maximum absolute atomic E-state index is 11.2. The predicted octanol–water partition coefficient (Wildman–Crippen LogP) is 2.27. The second-order valence-electron chi connectivity index (χ2n) is 3.50. The van der Waals surface area contributed by atoms with E-state index in [-0.39, 0.29) is 23.8 Å². The number of alkyl carbamates (subject to hydrolysis) is 1. The molecule has 0 spiro atoms. The van der Waals surface area contributed by atoms with Crippen LogP contribution in [0.2, 0.25) is 0 Å². The molecule has 0 fully saturated rings. The average Bonchev–Trinajstić information content (AvgIpc) is 2.34. The van der Waals surface area contributed by atoms with E-state index >= 15 is 0 Å². The first kappa shape index (κ1) is 13.7. The van der Waals surface area contributed by atoms with Gasteiger partial charge in [-0.15, -0.1) is 0 Å². The molecule has 1 unspecified atom stereocenters. The van der Waals surface area contributed by atoms with E-state index in [1.54, 1.807) is 6.92 Å². The molecule has 0 bridgehead atoms. The van der Waals surface area contributed by atoms with Crippen LogP contribution in [0.4, 0.5) is 4.79 Å². The Morgan fingerprint density at radius 1 is 1.35 bits per heavy atom. The van der Waals surface area contributed by atoms with Crippen molar-refractivity contribution >= 4 is 27.8 Å². The van der Waals surface area contributed by atoms with Gasteiger partial charge in [-0.3, -0.25) is 4.79 Å². The quantitative estimate of drug-likeness (QED) is 0.849. The Kier molecular flexibility index (Phi) is 5.69. The summed E-state index contributed by atoms with van der Waals surface area (Å²) < 4.78 is 4.94. The van der Waals surface area contributed by atoms with Crippen LogP contribution in [-0.4, -0.2) is 23.2 Å². The smallest absolute Gasteiger partial charge is 0.407 e. The summed E-state index contributed by atoms with van der Waals surface area (Å²) in [4.78, 5) is 22.2. The van der Waals surface area contributed by atoms with Crippen molar-refractivity contribution < 1.29 is 14.3 Å². The van der Waals surface area contributed by atoms with Crippen LogP contribution in [0.25, 0.3) is 0 Å². The standard InChI is InChI=1S/C12H14BrNO3/c1-9(13)11(15)7-14-12(16)17-8-10-5-3-2-4-6-10/h2-6,9H,7-8H2,1H3,(H,14,16). The first-order valence-corrected chi connectivity index (χ1v) is 6.12. The topological polar surface area (TPSA) is 55.4 Å². The minimum atomic E-state index is -0.588. The van der Waals surface area contributed by atoms with E-state index < -0.39 is 6.09 Å². The van der Waals surface area contributed by atoms with Gasteiger partial charge in [0.05, 0.1) is 11.4 Å². The fourth-order valence-corrected chi connectivity index (χ4v) is 1.24. The van der Waals surface area contributed by atoms with Crippen molar-refractivity contribution in [3.05, 3.63) is 35.9 Å². The molecule has 0 saturated heterocycles. The largest absolute Gasteiger partial charge is 0.445 e. The summed E-state index contributed by atoms with van der Waals surface area (Å²) in [6.45, 7) is 1.88. The van der Waals surface area contributed by atoms with Crippen molar-refractivity contribution in [3.63, 3.8) is 0 Å². The molecule has 0 aliphatic rings. The maximum Gasteiger partial charge on any atom is 0.407 e. The number of hydrogen-bond acceptors (Lipinski definition) is 3. The molecular formula is C12H14BrNO3. The molecule has 17 heavy (non-hydrogen) atoms. The number of rotatable bonds is 5. The number of ether oxygens (including phenoxy) is 1. The normalized spacial score (nSPS) is 11.6. The fourth-order valence-electron chi connectivity index (χ4n) is 1.07. The minimum Gasteiger partial charge on any atom is -0.445 e. The van der Waals surface area contributed by atoms with Gasteiger partial charge in [0.15, 0.2) is 5.78 Å². The van der Waals surface area contributed by atoms with Crippen molar-refractivity contribution in [2.24, 2.45) is 0 Å². The third kappa shape index (κ3) is 5.49. The van der Waals surface area contributed by atoms with Gasteiger partial charge in [0.25, 0.3) is 0 Å². The van der Waals surface area contributed by atoms with Crippen LogP contribution in [-0.2, 0) is 16.1 Å². The lowest BCUT2D eigenvalue weighted by atomic mass is 10.2. The summed E-state index contributed by atoms with van der Waals surface area (Å²) in [5.74, 6) is -0.0957. The van der Waals surface area contributed by atoms with Gasteiger partial charge in [0.1, 0.15) is 6.61 Å². The monoisotopic (exact) mass is 299 g/mol. The molecule has 0 aliphatic heterocycles. The Hall–Kier alpha value is -1.36. The second-order valence-corrected chi connectivity index (χ2v) is 4.87. The number of halogens is 1. The molecule has 1 amide bonds. The molecule has 4 nitrogen and oxygen atoms in total. The molecule has 0 heterocycles. The highest BCUT2D eigenvalue weighted by atomic mass is 79.9. The number of carbonyl (C=O) groups is 2. The highest BCUT2D eigenvalue weighted by molar-refractivity contribution is 9.10. The van der Waals surface area contributed by atoms with Gasteiger partial charge in [-0.2, -0.15) is 0 Å².